The molecule has 0 radical (unpaired) electrons. The van der Waals surface area contributed by atoms with Crippen LogP contribution in [-0.4, -0.2) is 63.4 Å². The van der Waals surface area contributed by atoms with Crippen LogP contribution in [0.25, 0.3) is 21.8 Å². The highest BCUT2D eigenvalue weighted by Crippen LogP contribution is 2.20. The van der Waals surface area contributed by atoms with Crippen LogP contribution in [-0.2, 0) is 32.0 Å². The van der Waals surface area contributed by atoms with E-state index in [0.29, 0.717) is 6.42 Å². The molecule has 2 aromatic carbocycles. The van der Waals surface area contributed by atoms with E-state index in [1.165, 1.54) is 0 Å². The lowest BCUT2D eigenvalue weighted by Gasteiger charge is -2.25. The Morgan fingerprint density at radius 2 is 1.41 bits per heavy atom. The van der Waals surface area contributed by atoms with Crippen molar-refractivity contribution in [2.24, 2.45) is 11.7 Å². The van der Waals surface area contributed by atoms with Gasteiger partial charge in [0, 0.05) is 40.6 Å². The van der Waals surface area contributed by atoms with Crippen molar-refractivity contribution in [3.05, 3.63) is 72.1 Å². The number of carbonyl (C=O) groups excluding carboxylic acids is 3. The number of fused-ring (bicyclic) bond motifs is 2. The first kappa shape index (κ1) is 29.3. The van der Waals surface area contributed by atoms with E-state index in [-0.39, 0.29) is 25.3 Å². The van der Waals surface area contributed by atoms with E-state index in [1.807, 2.05) is 61.7 Å². The maximum absolute atomic E-state index is 13.2. The van der Waals surface area contributed by atoms with Crippen LogP contribution in [0.5, 0.6) is 0 Å². The largest absolute Gasteiger partial charge is 0.480 e. The number of nitrogens with two attached hydrogens (primary N) is 1. The van der Waals surface area contributed by atoms with Gasteiger partial charge in [0.1, 0.15) is 12.1 Å². The minimum Gasteiger partial charge on any atom is -0.480 e. The quantitative estimate of drug-likeness (QED) is 0.131. The summed E-state index contributed by atoms with van der Waals surface area (Å²) < 4.78 is 0. The summed E-state index contributed by atoms with van der Waals surface area (Å²) in [5.41, 5.74) is 9.55. The average Bonchev–Trinajstić information content (AvgIpc) is 3.57. The number of aromatic nitrogens is 2. The fourth-order valence-corrected chi connectivity index (χ4v) is 4.84. The third kappa shape index (κ3) is 7.12. The summed E-state index contributed by atoms with van der Waals surface area (Å²) in [4.78, 5) is 56.9. The lowest BCUT2D eigenvalue weighted by atomic mass is 9.97. The number of H-pyrrole nitrogens is 2. The molecule has 0 saturated heterocycles. The van der Waals surface area contributed by atoms with Crippen molar-refractivity contribution in [2.75, 3.05) is 6.54 Å². The molecular formula is C30H36N6O5. The Morgan fingerprint density at radius 1 is 0.854 bits per heavy atom. The molecule has 4 rings (SSSR count). The normalized spacial score (nSPS) is 14.2. The van der Waals surface area contributed by atoms with Gasteiger partial charge in [-0.15, -0.1) is 0 Å². The number of para-hydroxylation sites is 2. The number of aromatic amines is 2. The van der Waals surface area contributed by atoms with Crippen LogP contribution < -0.4 is 21.7 Å². The van der Waals surface area contributed by atoms with Crippen molar-refractivity contribution in [1.29, 1.82) is 0 Å². The highest BCUT2D eigenvalue weighted by molar-refractivity contribution is 5.93. The second kappa shape index (κ2) is 13.1. The summed E-state index contributed by atoms with van der Waals surface area (Å²) in [6, 6.07) is 12.1. The zero-order valence-electron chi connectivity index (χ0n) is 23.1. The lowest BCUT2D eigenvalue weighted by Crippen LogP contribution is -2.56. The Bertz CT molecular complexity index is 1540. The molecule has 0 bridgehead atoms. The van der Waals surface area contributed by atoms with Gasteiger partial charge in [0.15, 0.2) is 0 Å². The number of carboxylic acid groups (broad SMARTS) is 1. The first-order valence-electron chi connectivity index (χ1n) is 13.6. The molecule has 0 fully saturated rings. The molecular weight excluding hydrogens is 524 g/mol. The molecule has 0 spiro atoms. The van der Waals surface area contributed by atoms with Gasteiger partial charge in [0.25, 0.3) is 0 Å². The third-order valence-electron chi connectivity index (χ3n) is 7.40. The van der Waals surface area contributed by atoms with Gasteiger partial charge in [-0.05, 0) is 35.6 Å². The Morgan fingerprint density at radius 3 is 1.98 bits per heavy atom. The van der Waals surface area contributed by atoms with E-state index in [4.69, 9.17) is 5.73 Å². The van der Waals surface area contributed by atoms with E-state index in [1.54, 1.807) is 13.1 Å². The standard InChI is InChI=1S/C30H36N6O5/c1-3-17(2)27(29(39)35-25(30(40)41)13-19-15-33-24-11-7-5-9-21(19)24)36-26(37)16-34-28(38)22(31)12-18-14-32-23-10-6-4-8-20(18)23/h4-11,14-15,17,22,25,27,32-33H,3,12-13,16,31H2,1-2H3,(H,34,38)(H,35,39)(H,36,37)(H,40,41). The molecule has 8 N–H and O–H groups in total. The van der Waals surface area contributed by atoms with Crippen molar-refractivity contribution < 1.29 is 24.3 Å². The van der Waals surface area contributed by atoms with Crippen molar-refractivity contribution in [2.45, 2.75) is 51.2 Å². The number of amides is 3. The predicted molar refractivity (Wildman–Crippen MR) is 156 cm³/mol. The molecule has 4 aromatic rings. The maximum Gasteiger partial charge on any atom is 0.326 e. The van der Waals surface area contributed by atoms with Gasteiger partial charge in [-0.3, -0.25) is 14.4 Å². The van der Waals surface area contributed by atoms with E-state index in [2.05, 4.69) is 25.9 Å². The summed E-state index contributed by atoms with van der Waals surface area (Å²) >= 11 is 0. The lowest BCUT2D eigenvalue weighted by molar-refractivity contribution is -0.142. The van der Waals surface area contributed by atoms with Gasteiger partial charge >= 0.3 is 5.97 Å². The number of aliphatic carboxylic acids is 1. The minimum atomic E-state index is -1.20. The summed E-state index contributed by atoms with van der Waals surface area (Å²) in [5.74, 6) is -3.17. The van der Waals surface area contributed by atoms with Gasteiger partial charge in [-0.25, -0.2) is 4.79 Å². The first-order chi connectivity index (χ1) is 19.7. The number of benzene rings is 2. The Kier molecular flexibility index (Phi) is 9.41. The van der Waals surface area contributed by atoms with Crippen LogP contribution in [0.2, 0.25) is 0 Å². The molecule has 2 aromatic heterocycles. The summed E-state index contributed by atoms with van der Waals surface area (Å²) in [5, 5.41) is 19.4. The molecule has 4 unspecified atom stereocenters. The molecule has 0 aliphatic carbocycles. The monoisotopic (exact) mass is 560 g/mol. The van der Waals surface area contributed by atoms with E-state index >= 15 is 0 Å². The Labute approximate surface area is 237 Å². The molecule has 3 amide bonds. The second-order valence-electron chi connectivity index (χ2n) is 10.3. The fourth-order valence-electron chi connectivity index (χ4n) is 4.84. The molecule has 0 aliphatic rings. The summed E-state index contributed by atoms with van der Waals surface area (Å²) in [6.45, 7) is 3.28. The van der Waals surface area contributed by atoms with Crippen LogP contribution in [0.1, 0.15) is 31.4 Å². The number of nitrogens with one attached hydrogen (secondary N) is 5. The molecule has 4 atom stereocenters. The number of carboxylic acids is 1. The first-order valence-corrected chi connectivity index (χ1v) is 13.6. The van der Waals surface area contributed by atoms with E-state index < -0.39 is 41.8 Å². The maximum atomic E-state index is 13.2. The number of hydrogen-bond donors (Lipinski definition) is 7. The van der Waals surface area contributed by atoms with Gasteiger partial charge in [0.2, 0.25) is 17.7 Å². The number of rotatable bonds is 13. The smallest absolute Gasteiger partial charge is 0.326 e. The highest BCUT2D eigenvalue weighted by Gasteiger charge is 2.30. The predicted octanol–water partition coefficient (Wildman–Crippen LogP) is 1.98. The third-order valence-corrected chi connectivity index (χ3v) is 7.40. The van der Waals surface area contributed by atoms with Crippen molar-refractivity contribution in [3.63, 3.8) is 0 Å². The van der Waals surface area contributed by atoms with Crippen molar-refractivity contribution in [3.8, 4) is 0 Å². The minimum absolute atomic E-state index is 0.0661. The summed E-state index contributed by atoms with van der Waals surface area (Å²) in [7, 11) is 0. The highest BCUT2D eigenvalue weighted by atomic mass is 16.4. The van der Waals surface area contributed by atoms with Crippen LogP contribution in [0.3, 0.4) is 0 Å². The molecule has 0 aliphatic heterocycles. The van der Waals surface area contributed by atoms with E-state index in [9.17, 15) is 24.3 Å². The fraction of sp³-hybridized carbons (Fsp3) is 0.333. The van der Waals surface area contributed by atoms with Gasteiger partial charge in [0.05, 0.1) is 12.6 Å². The molecule has 0 saturated carbocycles. The molecule has 11 nitrogen and oxygen atoms in total. The van der Waals surface area contributed by atoms with Gasteiger partial charge in [-0.1, -0.05) is 56.7 Å². The zero-order valence-corrected chi connectivity index (χ0v) is 23.1. The van der Waals surface area contributed by atoms with Crippen LogP contribution in [0.15, 0.2) is 60.9 Å². The number of hydrogen-bond acceptors (Lipinski definition) is 5. The van der Waals surface area contributed by atoms with Crippen LogP contribution in [0, 0.1) is 5.92 Å². The van der Waals surface area contributed by atoms with Gasteiger partial charge in [-0.2, -0.15) is 0 Å². The van der Waals surface area contributed by atoms with Crippen LogP contribution in [0.4, 0.5) is 0 Å². The van der Waals surface area contributed by atoms with Gasteiger partial charge < -0.3 is 36.8 Å². The second-order valence-corrected chi connectivity index (χ2v) is 10.3. The van der Waals surface area contributed by atoms with Crippen LogP contribution >= 0.6 is 0 Å². The molecule has 216 valence electrons. The molecule has 41 heavy (non-hydrogen) atoms. The SMILES string of the molecule is CCC(C)C(NC(=O)CNC(=O)C(N)Cc1c[nH]c2ccccc12)C(=O)NC(Cc1c[nH]c2ccccc12)C(=O)O. The van der Waals surface area contributed by atoms with Crippen molar-refractivity contribution >= 4 is 45.5 Å². The van der Waals surface area contributed by atoms with E-state index in [0.717, 1.165) is 32.9 Å². The number of carbonyl (C=O) groups is 4. The Hall–Kier alpha value is -4.64. The summed E-state index contributed by atoms with van der Waals surface area (Å²) in [6.07, 6.45) is 4.44. The topological polar surface area (TPSA) is 182 Å². The molecule has 11 heteroatoms. The zero-order chi connectivity index (χ0) is 29.5. The average molecular weight is 561 g/mol. The van der Waals surface area contributed by atoms with Crippen molar-refractivity contribution in [1.82, 2.24) is 25.9 Å². The Balaban J connectivity index is 1.34. The molecule has 2 heterocycles.